The summed E-state index contributed by atoms with van der Waals surface area (Å²) in [6, 6.07) is 3.70. The minimum absolute atomic E-state index is 0.420. The molecular weight excluding hydrogens is 261 g/mol. The van der Waals surface area contributed by atoms with Gasteiger partial charge in [-0.15, -0.1) is 0 Å². The number of benzene rings is 1. The molecule has 1 aromatic carbocycles. The van der Waals surface area contributed by atoms with E-state index in [0.29, 0.717) is 30.3 Å². The normalized spacial score (nSPS) is 16.8. The first kappa shape index (κ1) is 14.0. The first-order valence-corrected chi connectivity index (χ1v) is 5.92. The molecule has 0 saturated heterocycles. The lowest BCUT2D eigenvalue weighted by atomic mass is 10.0. The van der Waals surface area contributed by atoms with Crippen LogP contribution in [0.2, 0.25) is 0 Å². The van der Waals surface area contributed by atoms with Gasteiger partial charge in [0.1, 0.15) is 0 Å². The van der Waals surface area contributed by atoms with Crippen LogP contribution in [0.5, 0.6) is 11.5 Å². The van der Waals surface area contributed by atoms with Crippen molar-refractivity contribution >= 4 is 0 Å². The Bertz CT molecular complexity index is 437. The summed E-state index contributed by atoms with van der Waals surface area (Å²) in [6.07, 6.45) is -4.59. The minimum Gasteiger partial charge on any atom is -0.490 e. The first-order chi connectivity index (χ1) is 8.99. The molecule has 0 spiro atoms. The molecule has 1 aliphatic rings. The fraction of sp³-hybridized carbons (Fsp3) is 0.500. The Kier molecular flexibility index (Phi) is 4.16. The third-order valence-electron chi connectivity index (χ3n) is 2.81. The Morgan fingerprint density at radius 2 is 1.89 bits per heavy atom. The molecule has 19 heavy (non-hydrogen) atoms. The molecule has 0 aliphatic carbocycles. The van der Waals surface area contributed by atoms with E-state index in [1.807, 2.05) is 0 Å². The zero-order valence-electron chi connectivity index (χ0n) is 10.2. The number of nitrogens with one attached hydrogen (secondary N) is 1. The Hall–Kier alpha value is -1.47. The van der Waals surface area contributed by atoms with Crippen LogP contribution in [0.15, 0.2) is 18.2 Å². The average Bonchev–Trinajstić information content (AvgIpc) is 2.59. The van der Waals surface area contributed by atoms with Gasteiger partial charge in [0.05, 0.1) is 25.7 Å². The summed E-state index contributed by atoms with van der Waals surface area (Å²) in [5.74, 6) is 6.20. The summed E-state index contributed by atoms with van der Waals surface area (Å²) < 4.78 is 48.2. The maximum atomic E-state index is 12.4. The molecule has 1 heterocycles. The van der Waals surface area contributed by atoms with Crippen molar-refractivity contribution in [2.24, 2.45) is 5.84 Å². The van der Waals surface area contributed by atoms with Gasteiger partial charge in [0, 0.05) is 6.42 Å². The summed E-state index contributed by atoms with van der Waals surface area (Å²) in [5.41, 5.74) is 2.60. The SMILES string of the molecule is NNC(CC(F)(F)F)c1ccc2c(c1)OCCCO2. The standard InChI is InChI=1S/C12H15F3N2O2/c13-12(14,15)7-9(17-16)8-2-3-10-11(6-8)19-5-1-4-18-10/h2-3,6,9,17H,1,4-5,7,16H2. The monoisotopic (exact) mass is 276 g/mol. The molecule has 0 aromatic heterocycles. The molecule has 0 bridgehead atoms. The van der Waals surface area contributed by atoms with Crippen LogP contribution in [0.3, 0.4) is 0 Å². The lowest BCUT2D eigenvalue weighted by Crippen LogP contribution is -2.31. The van der Waals surface area contributed by atoms with Gasteiger partial charge in [-0.25, -0.2) is 0 Å². The van der Waals surface area contributed by atoms with Gasteiger partial charge in [-0.05, 0) is 17.7 Å². The van der Waals surface area contributed by atoms with E-state index in [4.69, 9.17) is 15.3 Å². The van der Waals surface area contributed by atoms with Crippen molar-refractivity contribution in [1.29, 1.82) is 0 Å². The highest BCUT2D eigenvalue weighted by atomic mass is 19.4. The molecule has 4 nitrogen and oxygen atoms in total. The number of hydrazine groups is 1. The number of fused-ring (bicyclic) bond motifs is 1. The molecule has 0 fully saturated rings. The lowest BCUT2D eigenvalue weighted by Gasteiger charge is -2.19. The summed E-state index contributed by atoms with van der Waals surface area (Å²) >= 11 is 0. The molecule has 0 amide bonds. The van der Waals surface area contributed by atoms with Crippen molar-refractivity contribution in [3.8, 4) is 11.5 Å². The Morgan fingerprint density at radius 3 is 2.53 bits per heavy atom. The van der Waals surface area contributed by atoms with Gasteiger partial charge in [0.15, 0.2) is 11.5 Å². The van der Waals surface area contributed by atoms with Gasteiger partial charge in [0.2, 0.25) is 0 Å². The number of halogens is 3. The van der Waals surface area contributed by atoms with Crippen LogP contribution in [0.1, 0.15) is 24.4 Å². The van der Waals surface area contributed by atoms with Crippen LogP contribution in [0.4, 0.5) is 13.2 Å². The molecule has 1 aromatic rings. The molecule has 7 heteroatoms. The van der Waals surface area contributed by atoms with Gasteiger partial charge < -0.3 is 9.47 Å². The second kappa shape index (κ2) is 5.66. The van der Waals surface area contributed by atoms with E-state index in [1.165, 1.54) is 6.07 Å². The van der Waals surface area contributed by atoms with Gasteiger partial charge in [-0.2, -0.15) is 13.2 Å². The van der Waals surface area contributed by atoms with Gasteiger partial charge >= 0.3 is 6.18 Å². The minimum atomic E-state index is -4.29. The van der Waals surface area contributed by atoms with Gasteiger partial charge in [-0.1, -0.05) is 6.07 Å². The predicted octanol–water partition coefficient (Wildman–Crippen LogP) is 2.30. The van der Waals surface area contributed by atoms with Crippen LogP contribution in [-0.2, 0) is 0 Å². The largest absolute Gasteiger partial charge is 0.490 e. The maximum absolute atomic E-state index is 12.4. The van der Waals surface area contributed by atoms with Crippen LogP contribution in [0.25, 0.3) is 0 Å². The highest BCUT2D eigenvalue weighted by Gasteiger charge is 2.32. The van der Waals surface area contributed by atoms with E-state index >= 15 is 0 Å². The fourth-order valence-corrected chi connectivity index (χ4v) is 1.90. The van der Waals surface area contributed by atoms with E-state index in [1.54, 1.807) is 12.1 Å². The molecule has 0 radical (unpaired) electrons. The van der Waals surface area contributed by atoms with E-state index in [9.17, 15) is 13.2 Å². The number of nitrogens with two attached hydrogens (primary N) is 1. The van der Waals surface area contributed by atoms with Crippen LogP contribution in [-0.4, -0.2) is 19.4 Å². The molecule has 1 unspecified atom stereocenters. The van der Waals surface area contributed by atoms with Crippen molar-refractivity contribution < 1.29 is 22.6 Å². The number of hydrogen-bond donors (Lipinski definition) is 2. The molecule has 2 rings (SSSR count). The van der Waals surface area contributed by atoms with Crippen molar-refractivity contribution in [1.82, 2.24) is 5.43 Å². The van der Waals surface area contributed by atoms with E-state index in [2.05, 4.69) is 5.43 Å². The van der Waals surface area contributed by atoms with Crippen molar-refractivity contribution in [2.75, 3.05) is 13.2 Å². The van der Waals surface area contributed by atoms with Crippen molar-refractivity contribution in [2.45, 2.75) is 25.1 Å². The van der Waals surface area contributed by atoms with Crippen LogP contribution in [0, 0.1) is 0 Å². The lowest BCUT2D eigenvalue weighted by molar-refractivity contribution is -0.140. The van der Waals surface area contributed by atoms with Gasteiger partial charge in [-0.3, -0.25) is 11.3 Å². The average molecular weight is 276 g/mol. The predicted molar refractivity (Wildman–Crippen MR) is 62.8 cm³/mol. The summed E-state index contributed by atoms with van der Waals surface area (Å²) in [7, 11) is 0. The molecule has 0 saturated carbocycles. The Morgan fingerprint density at radius 1 is 1.21 bits per heavy atom. The Labute approximate surface area is 108 Å². The second-order valence-electron chi connectivity index (χ2n) is 4.30. The van der Waals surface area contributed by atoms with Crippen LogP contribution >= 0.6 is 0 Å². The third kappa shape index (κ3) is 3.74. The number of hydrogen-bond acceptors (Lipinski definition) is 4. The molecule has 106 valence electrons. The molecule has 1 atom stereocenters. The summed E-state index contributed by atoms with van der Waals surface area (Å²) in [4.78, 5) is 0. The van der Waals surface area contributed by atoms with Gasteiger partial charge in [0.25, 0.3) is 0 Å². The molecule has 3 N–H and O–H groups in total. The Balaban J connectivity index is 2.21. The first-order valence-electron chi connectivity index (χ1n) is 5.92. The highest BCUT2D eigenvalue weighted by Crippen LogP contribution is 2.35. The topological polar surface area (TPSA) is 56.5 Å². The van der Waals surface area contributed by atoms with Crippen molar-refractivity contribution in [3.63, 3.8) is 0 Å². The number of ether oxygens (including phenoxy) is 2. The van der Waals surface area contributed by atoms with E-state index in [0.717, 1.165) is 6.42 Å². The fourth-order valence-electron chi connectivity index (χ4n) is 1.90. The van der Waals surface area contributed by atoms with Crippen LogP contribution < -0.4 is 20.7 Å². The third-order valence-corrected chi connectivity index (χ3v) is 2.81. The quantitative estimate of drug-likeness (QED) is 0.657. The smallest absolute Gasteiger partial charge is 0.390 e. The molecular formula is C12H15F3N2O2. The zero-order valence-corrected chi connectivity index (χ0v) is 10.2. The van der Waals surface area contributed by atoms with Crippen molar-refractivity contribution in [3.05, 3.63) is 23.8 Å². The number of alkyl halides is 3. The van der Waals surface area contributed by atoms with E-state index < -0.39 is 18.6 Å². The zero-order chi connectivity index (χ0) is 13.9. The second-order valence-corrected chi connectivity index (χ2v) is 4.30. The maximum Gasteiger partial charge on any atom is 0.390 e. The number of rotatable bonds is 3. The van der Waals surface area contributed by atoms with E-state index in [-0.39, 0.29) is 0 Å². The highest BCUT2D eigenvalue weighted by molar-refractivity contribution is 5.44. The molecule has 1 aliphatic heterocycles. The summed E-state index contributed by atoms with van der Waals surface area (Å²) in [5, 5.41) is 0. The summed E-state index contributed by atoms with van der Waals surface area (Å²) in [6.45, 7) is 1.02.